The summed E-state index contributed by atoms with van der Waals surface area (Å²) in [6, 6.07) is 1.94. The minimum Gasteiger partial charge on any atom is -0.396 e. The molecule has 0 spiro atoms. The van der Waals surface area contributed by atoms with Gasteiger partial charge in [-0.15, -0.1) is 0 Å². The Bertz CT molecular complexity index is 383. The zero-order valence-corrected chi connectivity index (χ0v) is 10.9. The first-order valence-corrected chi connectivity index (χ1v) is 5.97. The molecular weight excluding hydrogens is 236 g/mol. The molecule has 0 fully saturated rings. The minimum absolute atomic E-state index is 0.151. The molecule has 94 valence electrons. The highest BCUT2D eigenvalue weighted by atomic mass is 32.1. The van der Waals surface area contributed by atoms with Gasteiger partial charge in [-0.2, -0.15) is 0 Å². The maximum Gasteiger partial charge on any atom is 0.226 e. The molecule has 1 aromatic heterocycles. The first-order valence-electron chi connectivity index (χ1n) is 5.56. The van der Waals surface area contributed by atoms with Crippen molar-refractivity contribution in [2.45, 2.75) is 26.3 Å². The second-order valence-corrected chi connectivity index (χ2v) is 4.41. The average Bonchev–Trinajstić information content (AvgIpc) is 2.29. The van der Waals surface area contributed by atoms with Crippen LogP contribution in [0.3, 0.4) is 0 Å². The fourth-order valence-electron chi connectivity index (χ4n) is 1.45. The zero-order chi connectivity index (χ0) is 12.8. The van der Waals surface area contributed by atoms with Gasteiger partial charge in [0.25, 0.3) is 0 Å². The van der Waals surface area contributed by atoms with Crippen molar-refractivity contribution < 1.29 is 5.11 Å². The van der Waals surface area contributed by atoms with Crippen LogP contribution in [-0.4, -0.2) is 39.3 Å². The predicted molar refractivity (Wildman–Crippen MR) is 72.1 cm³/mol. The fourth-order valence-corrected chi connectivity index (χ4v) is 1.57. The third-order valence-corrected chi connectivity index (χ3v) is 2.54. The summed E-state index contributed by atoms with van der Waals surface area (Å²) in [5.41, 5.74) is 6.11. The molecular formula is C11H18N4OS. The monoisotopic (exact) mass is 254 g/mol. The molecule has 0 aliphatic heterocycles. The molecule has 1 aromatic rings. The molecule has 6 heteroatoms. The summed E-state index contributed by atoms with van der Waals surface area (Å²) in [7, 11) is 0. The number of aromatic nitrogens is 2. The van der Waals surface area contributed by atoms with Crippen LogP contribution in [0.5, 0.6) is 0 Å². The SMILES string of the molecule is CC(C)N(CCCO)c1nccc(C(N)=S)n1. The summed E-state index contributed by atoms with van der Waals surface area (Å²) in [4.78, 5) is 10.8. The summed E-state index contributed by atoms with van der Waals surface area (Å²) in [5, 5.41) is 8.88. The number of aliphatic hydroxyl groups is 1. The molecule has 3 N–H and O–H groups in total. The Hall–Kier alpha value is -1.27. The van der Waals surface area contributed by atoms with Gasteiger partial charge in [-0.1, -0.05) is 12.2 Å². The number of thiocarbonyl (C=S) groups is 1. The van der Waals surface area contributed by atoms with Crippen LogP contribution >= 0.6 is 12.2 Å². The van der Waals surface area contributed by atoms with Gasteiger partial charge in [-0.3, -0.25) is 0 Å². The van der Waals surface area contributed by atoms with Crippen LogP contribution in [0.1, 0.15) is 26.0 Å². The largest absolute Gasteiger partial charge is 0.396 e. The summed E-state index contributed by atoms with van der Waals surface area (Å²) in [6.45, 7) is 4.95. The van der Waals surface area contributed by atoms with E-state index in [1.807, 2.05) is 18.7 Å². The number of hydrogen-bond donors (Lipinski definition) is 2. The first kappa shape index (κ1) is 13.8. The molecule has 0 radical (unpaired) electrons. The Morgan fingerprint density at radius 2 is 2.29 bits per heavy atom. The molecule has 0 atom stereocenters. The molecule has 0 bridgehead atoms. The van der Waals surface area contributed by atoms with Crippen LogP contribution in [-0.2, 0) is 0 Å². The van der Waals surface area contributed by atoms with Gasteiger partial charge in [0.05, 0.1) is 0 Å². The van der Waals surface area contributed by atoms with E-state index in [0.717, 1.165) is 0 Å². The van der Waals surface area contributed by atoms with Crippen molar-refractivity contribution in [1.82, 2.24) is 9.97 Å². The molecule has 0 amide bonds. The third-order valence-electron chi connectivity index (χ3n) is 2.33. The number of rotatable bonds is 6. The topological polar surface area (TPSA) is 75.3 Å². The third kappa shape index (κ3) is 3.90. The first-order chi connectivity index (χ1) is 8.06. The lowest BCUT2D eigenvalue weighted by Crippen LogP contribution is -2.34. The Kier molecular flexibility index (Phi) is 5.24. The lowest BCUT2D eigenvalue weighted by atomic mass is 10.3. The quantitative estimate of drug-likeness (QED) is 0.728. The van der Waals surface area contributed by atoms with E-state index in [9.17, 15) is 0 Å². The Morgan fingerprint density at radius 1 is 1.59 bits per heavy atom. The maximum absolute atomic E-state index is 8.88. The van der Waals surface area contributed by atoms with E-state index in [1.54, 1.807) is 12.3 Å². The van der Waals surface area contributed by atoms with Crippen molar-refractivity contribution >= 4 is 23.2 Å². The van der Waals surface area contributed by atoms with Crippen LogP contribution in [0.2, 0.25) is 0 Å². The lowest BCUT2D eigenvalue weighted by Gasteiger charge is -2.26. The number of nitrogens with two attached hydrogens (primary N) is 1. The van der Waals surface area contributed by atoms with E-state index in [0.29, 0.717) is 24.6 Å². The van der Waals surface area contributed by atoms with Crippen LogP contribution in [0.25, 0.3) is 0 Å². The van der Waals surface area contributed by atoms with Gasteiger partial charge in [0.15, 0.2) is 0 Å². The van der Waals surface area contributed by atoms with Crippen LogP contribution in [0.15, 0.2) is 12.3 Å². The van der Waals surface area contributed by atoms with E-state index in [-0.39, 0.29) is 17.6 Å². The highest BCUT2D eigenvalue weighted by Crippen LogP contribution is 2.12. The summed E-state index contributed by atoms with van der Waals surface area (Å²) in [5.74, 6) is 0.596. The Morgan fingerprint density at radius 3 is 2.82 bits per heavy atom. The van der Waals surface area contributed by atoms with Gasteiger partial charge in [-0.05, 0) is 26.3 Å². The number of anilines is 1. The molecule has 0 saturated heterocycles. The summed E-state index contributed by atoms with van der Waals surface area (Å²) < 4.78 is 0. The van der Waals surface area contributed by atoms with Crippen molar-refractivity contribution in [2.75, 3.05) is 18.1 Å². The van der Waals surface area contributed by atoms with Gasteiger partial charge in [-0.25, -0.2) is 9.97 Å². The average molecular weight is 254 g/mol. The van der Waals surface area contributed by atoms with E-state index < -0.39 is 0 Å². The van der Waals surface area contributed by atoms with Gasteiger partial charge in [0, 0.05) is 25.4 Å². The van der Waals surface area contributed by atoms with Crippen molar-refractivity contribution in [3.63, 3.8) is 0 Å². The molecule has 1 heterocycles. The van der Waals surface area contributed by atoms with E-state index in [2.05, 4.69) is 9.97 Å². The fraction of sp³-hybridized carbons (Fsp3) is 0.545. The molecule has 5 nitrogen and oxygen atoms in total. The highest BCUT2D eigenvalue weighted by molar-refractivity contribution is 7.80. The zero-order valence-electron chi connectivity index (χ0n) is 10.1. The lowest BCUT2D eigenvalue weighted by molar-refractivity contribution is 0.288. The van der Waals surface area contributed by atoms with Gasteiger partial charge in [0.1, 0.15) is 10.7 Å². The molecule has 0 unspecified atom stereocenters. The van der Waals surface area contributed by atoms with E-state index in [4.69, 9.17) is 23.1 Å². The van der Waals surface area contributed by atoms with Crippen molar-refractivity contribution in [2.24, 2.45) is 5.73 Å². The van der Waals surface area contributed by atoms with Crippen molar-refractivity contribution in [3.05, 3.63) is 18.0 Å². The molecule has 0 aromatic carbocycles. The van der Waals surface area contributed by atoms with Gasteiger partial charge >= 0.3 is 0 Å². The molecule has 1 rings (SSSR count). The smallest absolute Gasteiger partial charge is 0.226 e. The van der Waals surface area contributed by atoms with Gasteiger partial charge in [0.2, 0.25) is 5.95 Å². The van der Waals surface area contributed by atoms with Gasteiger partial charge < -0.3 is 15.7 Å². The van der Waals surface area contributed by atoms with E-state index >= 15 is 0 Å². The van der Waals surface area contributed by atoms with Crippen molar-refractivity contribution in [1.29, 1.82) is 0 Å². The highest BCUT2D eigenvalue weighted by Gasteiger charge is 2.13. The number of nitrogens with zero attached hydrogens (tertiary/aromatic N) is 3. The van der Waals surface area contributed by atoms with Crippen LogP contribution < -0.4 is 10.6 Å². The molecule has 0 aliphatic rings. The normalized spacial score (nSPS) is 10.6. The van der Waals surface area contributed by atoms with E-state index in [1.165, 1.54) is 0 Å². The maximum atomic E-state index is 8.88. The summed E-state index contributed by atoms with van der Waals surface area (Å²) in [6.07, 6.45) is 2.32. The minimum atomic E-state index is 0.151. The number of hydrogen-bond acceptors (Lipinski definition) is 5. The second kappa shape index (κ2) is 6.46. The number of aliphatic hydroxyl groups excluding tert-OH is 1. The van der Waals surface area contributed by atoms with Crippen molar-refractivity contribution in [3.8, 4) is 0 Å². The second-order valence-electron chi connectivity index (χ2n) is 3.97. The Balaban J connectivity index is 2.93. The predicted octanol–water partition coefficient (Wildman–Crippen LogP) is 0.708. The standard InChI is InChI=1S/C11H18N4OS/c1-8(2)15(6-3-7-16)11-13-5-4-9(14-11)10(12)17/h4-5,8,16H,3,6-7H2,1-2H3,(H2,12,17). The molecule has 0 saturated carbocycles. The van der Waals surface area contributed by atoms with Crippen LogP contribution in [0.4, 0.5) is 5.95 Å². The van der Waals surface area contributed by atoms with Crippen LogP contribution in [0, 0.1) is 0 Å². The summed E-state index contributed by atoms with van der Waals surface area (Å²) >= 11 is 4.89. The molecule has 0 aliphatic carbocycles. The molecule has 17 heavy (non-hydrogen) atoms. The Labute approximate surface area is 107 Å².